The number of rotatable bonds is 7. The van der Waals surface area contributed by atoms with Crippen LogP contribution in [0.15, 0.2) is 60.7 Å². The van der Waals surface area contributed by atoms with Gasteiger partial charge in [-0.05, 0) is 48.9 Å². The Labute approximate surface area is 177 Å². The van der Waals surface area contributed by atoms with Crippen molar-refractivity contribution in [1.82, 2.24) is 15.1 Å². The molecular weight excluding hydrogens is 376 g/mol. The average molecular weight is 405 g/mol. The van der Waals surface area contributed by atoms with E-state index in [9.17, 15) is 4.79 Å². The zero-order chi connectivity index (χ0) is 20.8. The van der Waals surface area contributed by atoms with Crippen LogP contribution in [0.25, 0.3) is 11.3 Å². The number of anilines is 1. The predicted molar refractivity (Wildman–Crippen MR) is 119 cm³/mol. The Morgan fingerprint density at radius 3 is 2.47 bits per heavy atom. The smallest absolute Gasteiger partial charge is 0.272 e. The Hall–Kier alpha value is -3.28. The predicted octanol–water partition coefficient (Wildman–Crippen LogP) is 4.22. The summed E-state index contributed by atoms with van der Waals surface area (Å²) in [5, 5.41) is 7.26. The fraction of sp³-hybridized carbons (Fsp3) is 0.333. The van der Waals surface area contributed by atoms with Crippen LogP contribution in [0.2, 0.25) is 0 Å². The number of piperazine rings is 1. The fourth-order valence-electron chi connectivity index (χ4n) is 3.61. The summed E-state index contributed by atoms with van der Waals surface area (Å²) in [6.45, 7) is 5.94. The first-order valence-electron chi connectivity index (χ1n) is 10.6. The van der Waals surface area contributed by atoms with Gasteiger partial charge in [0.05, 0.1) is 12.3 Å². The second kappa shape index (κ2) is 9.48. The second-order valence-corrected chi connectivity index (χ2v) is 7.51. The van der Waals surface area contributed by atoms with Crippen LogP contribution < -0.4 is 9.64 Å². The normalized spacial score (nSPS) is 14.0. The lowest BCUT2D eigenvalue weighted by Gasteiger charge is -2.35. The molecule has 0 bridgehead atoms. The van der Waals surface area contributed by atoms with Gasteiger partial charge in [0.15, 0.2) is 0 Å². The molecule has 2 heterocycles. The number of H-pyrrole nitrogens is 1. The van der Waals surface area contributed by atoms with E-state index in [1.165, 1.54) is 5.69 Å². The van der Waals surface area contributed by atoms with Gasteiger partial charge in [0.25, 0.3) is 5.91 Å². The van der Waals surface area contributed by atoms with E-state index >= 15 is 0 Å². The van der Waals surface area contributed by atoms with E-state index in [2.05, 4.69) is 34.2 Å². The van der Waals surface area contributed by atoms with Crippen LogP contribution in [0, 0.1) is 0 Å². The van der Waals surface area contributed by atoms with Crippen LogP contribution >= 0.6 is 0 Å². The monoisotopic (exact) mass is 404 g/mol. The van der Waals surface area contributed by atoms with Crippen LogP contribution in [0.3, 0.4) is 0 Å². The maximum absolute atomic E-state index is 12.9. The molecule has 0 unspecified atom stereocenters. The number of carbonyl (C=O) groups is 1. The topological polar surface area (TPSA) is 61.5 Å². The summed E-state index contributed by atoms with van der Waals surface area (Å²) in [4.78, 5) is 17.1. The molecule has 6 heteroatoms. The second-order valence-electron chi connectivity index (χ2n) is 7.51. The summed E-state index contributed by atoms with van der Waals surface area (Å²) in [6, 6.07) is 20.0. The summed E-state index contributed by atoms with van der Waals surface area (Å²) in [7, 11) is 0. The number of aromatic amines is 1. The van der Waals surface area contributed by atoms with Gasteiger partial charge in [0.2, 0.25) is 0 Å². The largest absolute Gasteiger partial charge is 0.494 e. The average Bonchev–Trinajstić information content (AvgIpc) is 3.30. The van der Waals surface area contributed by atoms with Gasteiger partial charge in [-0.25, -0.2) is 0 Å². The van der Waals surface area contributed by atoms with Gasteiger partial charge in [-0.3, -0.25) is 9.89 Å². The molecule has 1 aliphatic rings. The van der Waals surface area contributed by atoms with E-state index < -0.39 is 0 Å². The standard InChI is InChI=1S/C24H28N4O2/c1-2-3-17-30-21-11-9-19(10-12-21)22-18-23(26-25-22)24(29)28-15-13-27(14-16-28)20-7-5-4-6-8-20/h4-12,18H,2-3,13-17H2,1H3,(H,25,26). The zero-order valence-electron chi connectivity index (χ0n) is 17.4. The number of nitrogens with zero attached hydrogens (tertiary/aromatic N) is 3. The maximum atomic E-state index is 12.9. The molecule has 2 aromatic carbocycles. The molecule has 0 radical (unpaired) electrons. The van der Waals surface area contributed by atoms with E-state index in [1.807, 2.05) is 53.4 Å². The van der Waals surface area contributed by atoms with Crippen molar-refractivity contribution < 1.29 is 9.53 Å². The molecule has 1 aromatic heterocycles. The lowest BCUT2D eigenvalue weighted by Crippen LogP contribution is -2.48. The lowest BCUT2D eigenvalue weighted by molar-refractivity contribution is 0.0741. The Morgan fingerprint density at radius 1 is 1.03 bits per heavy atom. The molecule has 1 aliphatic heterocycles. The number of para-hydroxylation sites is 1. The van der Waals surface area contributed by atoms with Gasteiger partial charge in [-0.15, -0.1) is 0 Å². The van der Waals surface area contributed by atoms with Crippen molar-refractivity contribution in [3.05, 3.63) is 66.4 Å². The van der Waals surface area contributed by atoms with E-state index in [4.69, 9.17) is 4.74 Å². The van der Waals surface area contributed by atoms with E-state index in [0.29, 0.717) is 18.8 Å². The third-order valence-corrected chi connectivity index (χ3v) is 5.41. The van der Waals surface area contributed by atoms with E-state index in [-0.39, 0.29) is 5.91 Å². The molecule has 4 rings (SSSR count). The Balaban J connectivity index is 1.35. The van der Waals surface area contributed by atoms with Crippen LogP contribution in [-0.2, 0) is 0 Å². The minimum atomic E-state index is 0.000908. The molecule has 1 amide bonds. The SMILES string of the molecule is CCCCOc1ccc(-c2cc(C(=O)N3CCN(c4ccccc4)CC3)[nH]n2)cc1. The fourth-order valence-corrected chi connectivity index (χ4v) is 3.61. The van der Waals surface area contributed by atoms with Gasteiger partial charge >= 0.3 is 0 Å². The van der Waals surface area contributed by atoms with Crippen molar-refractivity contribution in [3.8, 4) is 17.0 Å². The summed E-state index contributed by atoms with van der Waals surface area (Å²) < 4.78 is 5.71. The molecule has 30 heavy (non-hydrogen) atoms. The van der Waals surface area contributed by atoms with E-state index in [1.54, 1.807) is 0 Å². The van der Waals surface area contributed by atoms with Crippen molar-refractivity contribution in [2.24, 2.45) is 0 Å². The van der Waals surface area contributed by atoms with Crippen LogP contribution in [0.4, 0.5) is 5.69 Å². The van der Waals surface area contributed by atoms with Gasteiger partial charge < -0.3 is 14.5 Å². The molecule has 156 valence electrons. The minimum absolute atomic E-state index is 0.000908. The number of amides is 1. The Kier molecular flexibility index (Phi) is 6.32. The molecule has 3 aromatic rings. The third-order valence-electron chi connectivity index (χ3n) is 5.41. The molecule has 0 atom stereocenters. The van der Waals surface area contributed by atoms with Crippen molar-refractivity contribution in [2.75, 3.05) is 37.7 Å². The highest BCUT2D eigenvalue weighted by molar-refractivity contribution is 5.93. The quantitative estimate of drug-likeness (QED) is 0.599. The first-order valence-corrected chi connectivity index (χ1v) is 10.6. The molecule has 0 aliphatic carbocycles. The zero-order valence-corrected chi connectivity index (χ0v) is 17.4. The van der Waals surface area contributed by atoms with Gasteiger partial charge in [0.1, 0.15) is 11.4 Å². The highest BCUT2D eigenvalue weighted by atomic mass is 16.5. The van der Waals surface area contributed by atoms with Crippen LogP contribution in [0.1, 0.15) is 30.3 Å². The molecule has 1 N–H and O–H groups in total. The van der Waals surface area contributed by atoms with Gasteiger partial charge in [-0.1, -0.05) is 31.5 Å². The van der Waals surface area contributed by atoms with Crippen molar-refractivity contribution >= 4 is 11.6 Å². The summed E-state index contributed by atoms with van der Waals surface area (Å²) >= 11 is 0. The first kappa shape index (κ1) is 20.0. The number of ether oxygens (including phenoxy) is 1. The molecule has 0 spiro atoms. The Morgan fingerprint density at radius 2 is 1.77 bits per heavy atom. The molecule has 6 nitrogen and oxygen atoms in total. The number of benzene rings is 2. The van der Waals surface area contributed by atoms with E-state index in [0.717, 1.165) is 49.5 Å². The Bertz CT molecular complexity index is 945. The number of carbonyl (C=O) groups excluding carboxylic acids is 1. The lowest BCUT2D eigenvalue weighted by atomic mass is 10.1. The molecule has 1 fully saturated rings. The number of unbranched alkanes of at least 4 members (excludes halogenated alkanes) is 1. The first-order chi connectivity index (χ1) is 14.7. The summed E-state index contributed by atoms with van der Waals surface area (Å²) in [5.41, 5.74) is 3.46. The van der Waals surface area contributed by atoms with Gasteiger partial charge in [0, 0.05) is 37.4 Å². The van der Waals surface area contributed by atoms with Crippen molar-refractivity contribution in [2.45, 2.75) is 19.8 Å². The number of hydrogen-bond acceptors (Lipinski definition) is 4. The summed E-state index contributed by atoms with van der Waals surface area (Å²) in [6.07, 6.45) is 2.16. The number of nitrogens with one attached hydrogen (secondary N) is 1. The van der Waals surface area contributed by atoms with Crippen molar-refractivity contribution in [1.29, 1.82) is 0 Å². The van der Waals surface area contributed by atoms with Crippen molar-refractivity contribution in [3.63, 3.8) is 0 Å². The number of aromatic nitrogens is 2. The summed E-state index contributed by atoms with van der Waals surface area (Å²) in [5.74, 6) is 0.858. The highest BCUT2D eigenvalue weighted by Gasteiger charge is 2.23. The molecule has 0 saturated carbocycles. The van der Waals surface area contributed by atoms with Crippen LogP contribution in [-0.4, -0.2) is 53.8 Å². The highest BCUT2D eigenvalue weighted by Crippen LogP contribution is 2.22. The van der Waals surface area contributed by atoms with Gasteiger partial charge in [-0.2, -0.15) is 5.10 Å². The third kappa shape index (κ3) is 4.64. The molecular formula is C24H28N4O2. The van der Waals surface area contributed by atoms with Crippen LogP contribution in [0.5, 0.6) is 5.75 Å². The number of hydrogen-bond donors (Lipinski definition) is 1. The molecule has 1 saturated heterocycles. The maximum Gasteiger partial charge on any atom is 0.272 e. The minimum Gasteiger partial charge on any atom is -0.494 e.